The summed E-state index contributed by atoms with van der Waals surface area (Å²) in [5.74, 6) is 0.0889. The molecule has 2 heterocycles. The second-order valence-corrected chi connectivity index (χ2v) is 10.1. The molecule has 0 unspecified atom stereocenters. The average molecular weight is 469 g/mol. The number of nitrogens with zero attached hydrogens (tertiary/aromatic N) is 3. The molecule has 2 aromatic carbocycles. The average Bonchev–Trinajstić information content (AvgIpc) is 3.34. The van der Waals surface area contributed by atoms with Gasteiger partial charge in [-0.1, -0.05) is 36.8 Å². The third-order valence-corrected chi connectivity index (χ3v) is 7.73. The van der Waals surface area contributed by atoms with Gasteiger partial charge in [0.25, 0.3) is 5.91 Å². The molecule has 33 heavy (non-hydrogen) atoms. The lowest BCUT2D eigenvalue weighted by atomic mass is 10.1. The largest absolute Gasteiger partial charge is 0.495 e. The van der Waals surface area contributed by atoms with E-state index >= 15 is 0 Å². The van der Waals surface area contributed by atoms with Crippen molar-refractivity contribution in [2.45, 2.75) is 30.7 Å². The standard InChI is InChI=1S/C24H28N4O4S/c1-27(17-18-9-5-3-6-10-18)24(29)21-16-20(25-26-21)19-11-12-22(32-2)23(15-19)33(30,31)28-13-7-4-8-14-28/h3,5-6,9-12,15-16H,4,7-8,13-14,17H2,1-2H3,(H,25,26). The minimum Gasteiger partial charge on any atom is -0.495 e. The van der Waals surface area contributed by atoms with Crippen LogP contribution in [0.15, 0.2) is 59.5 Å². The van der Waals surface area contributed by atoms with Crippen LogP contribution in [0.5, 0.6) is 5.75 Å². The number of ether oxygens (including phenoxy) is 1. The molecule has 1 fully saturated rings. The Morgan fingerprint density at radius 1 is 1.09 bits per heavy atom. The third kappa shape index (κ3) is 4.94. The highest BCUT2D eigenvalue weighted by Gasteiger charge is 2.29. The summed E-state index contributed by atoms with van der Waals surface area (Å²) in [6.45, 7) is 1.48. The molecule has 3 aromatic rings. The predicted molar refractivity (Wildman–Crippen MR) is 125 cm³/mol. The van der Waals surface area contributed by atoms with Gasteiger partial charge in [0, 0.05) is 32.2 Å². The van der Waals surface area contributed by atoms with Gasteiger partial charge in [0.1, 0.15) is 16.3 Å². The second kappa shape index (κ2) is 9.76. The van der Waals surface area contributed by atoms with Crippen LogP contribution < -0.4 is 4.74 Å². The number of aromatic amines is 1. The molecule has 0 spiro atoms. The first-order valence-electron chi connectivity index (χ1n) is 10.9. The lowest BCUT2D eigenvalue weighted by Gasteiger charge is -2.26. The summed E-state index contributed by atoms with van der Waals surface area (Å²) in [5.41, 5.74) is 2.44. The first-order chi connectivity index (χ1) is 15.9. The molecular weight excluding hydrogens is 440 g/mol. The van der Waals surface area contributed by atoms with E-state index in [1.807, 2.05) is 30.3 Å². The van der Waals surface area contributed by atoms with Crippen molar-refractivity contribution in [3.05, 3.63) is 65.9 Å². The molecule has 0 bridgehead atoms. The van der Waals surface area contributed by atoms with Gasteiger partial charge >= 0.3 is 0 Å². The number of rotatable bonds is 7. The molecular formula is C24H28N4O4S. The Bertz CT molecular complexity index is 1220. The van der Waals surface area contributed by atoms with Crippen LogP contribution in [0.1, 0.15) is 35.3 Å². The summed E-state index contributed by atoms with van der Waals surface area (Å²) in [5, 5.41) is 7.05. The van der Waals surface area contributed by atoms with Crippen LogP contribution in [0.3, 0.4) is 0 Å². The van der Waals surface area contributed by atoms with Crippen molar-refractivity contribution in [3.8, 4) is 17.0 Å². The Balaban J connectivity index is 1.59. The first kappa shape index (κ1) is 23.0. The van der Waals surface area contributed by atoms with Crippen molar-refractivity contribution in [2.75, 3.05) is 27.2 Å². The van der Waals surface area contributed by atoms with Crippen LogP contribution in [0.4, 0.5) is 0 Å². The molecule has 9 heteroatoms. The molecule has 0 saturated carbocycles. The summed E-state index contributed by atoms with van der Waals surface area (Å²) in [6.07, 6.45) is 2.73. The van der Waals surface area contributed by atoms with Crippen LogP contribution >= 0.6 is 0 Å². The fraction of sp³-hybridized carbons (Fsp3) is 0.333. The Morgan fingerprint density at radius 3 is 2.52 bits per heavy atom. The number of piperidine rings is 1. The van der Waals surface area contributed by atoms with Gasteiger partial charge < -0.3 is 9.64 Å². The van der Waals surface area contributed by atoms with Gasteiger partial charge in [-0.25, -0.2) is 8.42 Å². The van der Waals surface area contributed by atoms with E-state index in [9.17, 15) is 13.2 Å². The maximum atomic E-state index is 13.3. The van der Waals surface area contributed by atoms with E-state index in [2.05, 4.69) is 10.2 Å². The molecule has 1 aliphatic rings. The zero-order valence-electron chi connectivity index (χ0n) is 18.8. The van der Waals surface area contributed by atoms with E-state index in [0.717, 1.165) is 24.8 Å². The number of hydrogen-bond donors (Lipinski definition) is 1. The molecule has 0 radical (unpaired) electrons. The first-order valence-corrected chi connectivity index (χ1v) is 12.4. The molecule has 8 nitrogen and oxygen atoms in total. The van der Waals surface area contributed by atoms with E-state index in [1.165, 1.54) is 11.4 Å². The maximum Gasteiger partial charge on any atom is 0.271 e. The number of carbonyl (C=O) groups excluding carboxylic acids is 1. The highest BCUT2D eigenvalue weighted by molar-refractivity contribution is 7.89. The molecule has 1 N–H and O–H groups in total. The molecule has 0 atom stereocenters. The van der Waals surface area contributed by atoms with Gasteiger partial charge in [-0.2, -0.15) is 9.40 Å². The van der Waals surface area contributed by atoms with Gasteiger partial charge in [-0.3, -0.25) is 9.89 Å². The Hall–Kier alpha value is -3.17. The SMILES string of the molecule is COc1ccc(-c2cc(C(=O)N(C)Cc3ccccc3)[nH]n2)cc1S(=O)(=O)N1CCCCC1. The number of methoxy groups -OCH3 is 1. The highest BCUT2D eigenvalue weighted by Crippen LogP contribution is 2.32. The molecule has 1 amide bonds. The molecule has 1 aliphatic heterocycles. The lowest BCUT2D eigenvalue weighted by molar-refractivity contribution is 0.0779. The van der Waals surface area contributed by atoms with Crippen LogP contribution in [0.2, 0.25) is 0 Å². The van der Waals surface area contributed by atoms with Crippen molar-refractivity contribution in [2.24, 2.45) is 0 Å². The van der Waals surface area contributed by atoms with Crippen molar-refractivity contribution in [1.29, 1.82) is 0 Å². The number of aromatic nitrogens is 2. The summed E-state index contributed by atoms with van der Waals surface area (Å²) < 4.78 is 33.4. The van der Waals surface area contributed by atoms with Crippen molar-refractivity contribution in [3.63, 3.8) is 0 Å². The number of sulfonamides is 1. The van der Waals surface area contributed by atoms with Crippen molar-refractivity contribution >= 4 is 15.9 Å². The Morgan fingerprint density at radius 2 is 1.82 bits per heavy atom. The molecule has 174 valence electrons. The predicted octanol–water partition coefficient (Wildman–Crippen LogP) is 3.53. The molecule has 4 rings (SSSR count). The maximum absolute atomic E-state index is 13.3. The van der Waals surface area contributed by atoms with E-state index in [4.69, 9.17) is 4.74 Å². The van der Waals surface area contributed by atoms with E-state index in [-0.39, 0.29) is 10.8 Å². The number of carbonyl (C=O) groups is 1. The Kier molecular flexibility index (Phi) is 6.80. The van der Waals surface area contributed by atoms with E-state index < -0.39 is 10.0 Å². The van der Waals surface area contributed by atoms with E-state index in [0.29, 0.717) is 42.3 Å². The normalized spacial score (nSPS) is 14.7. The van der Waals surface area contributed by atoms with Crippen LogP contribution in [0.25, 0.3) is 11.3 Å². The lowest BCUT2D eigenvalue weighted by Crippen LogP contribution is -2.35. The van der Waals surface area contributed by atoms with Gasteiger partial charge in [0.2, 0.25) is 10.0 Å². The minimum absolute atomic E-state index is 0.112. The third-order valence-electron chi connectivity index (χ3n) is 5.81. The summed E-state index contributed by atoms with van der Waals surface area (Å²) in [7, 11) is -0.512. The van der Waals surface area contributed by atoms with Gasteiger partial charge in [-0.05, 0) is 42.7 Å². The monoisotopic (exact) mass is 468 g/mol. The summed E-state index contributed by atoms with van der Waals surface area (Å²) in [4.78, 5) is 14.6. The Labute approximate surface area is 194 Å². The number of benzene rings is 2. The summed E-state index contributed by atoms with van der Waals surface area (Å²) in [6, 6.07) is 16.3. The van der Waals surface area contributed by atoms with Crippen LogP contribution in [-0.2, 0) is 16.6 Å². The molecule has 1 aromatic heterocycles. The van der Waals surface area contributed by atoms with Crippen molar-refractivity contribution in [1.82, 2.24) is 19.4 Å². The second-order valence-electron chi connectivity index (χ2n) is 8.14. The topological polar surface area (TPSA) is 95.6 Å². The summed E-state index contributed by atoms with van der Waals surface area (Å²) >= 11 is 0. The van der Waals surface area contributed by atoms with Crippen LogP contribution in [0, 0.1) is 0 Å². The van der Waals surface area contributed by atoms with Crippen molar-refractivity contribution < 1.29 is 17.9 Å². The number of nitrogens with one attached hydrogen (secondary N) is 1. The number of amides is 1. The zero-order chi connectivity index (χ0) is 23.4. The molecule has 1 saturated heterocycles. The fourth-order valence-corrected chi connectivity index (χ4v) is 5.69. The number of hydrogen-bond acceptors (Lipinski definition) is 5. The fourth-order valence-electron chi connectivity index (χ4n) is 4.00. The quantitative estimate of drug-likeness (QED) is 0.572. The van der Waals surface area contributed by atoms with Crippen LogP contribution in [-0.4, -0.2) is 61.0 Å². The number of H-pyrrole nitrogens is 1. The molecule has 0 aliphatic carbocycles. The zero-order valence-corrected chi connectivity index (χ0v) is 19.6. The van der Waals surface area contributed by atoms with Gasteiger partial charge in [0.15, 0.2) is 0 Å². The van der Waals surface area contributed by atoms with E-state index in [1.54, 1.807) is 36.2 Å². The minimum atomic E-state index is -3.70. The van der Waals surface area contributed by atoms with Gasteiger partial charge in [-0.15, -0.1) is 0 Å². The highest BCUT2D eigenvalue weighted by atomic mass is 32.2. The van der Waals surface area contributed by atoms with Gasteiger partial charge in [0.05, 0.1) is 12.8 Å². The smallest absolute Gasteiger partial charge is 0.271 e.